The molecule has 0 bridgehead atoms. The van der Waals surface area contributed by atoms with Crippen LogP contribution in [0.3, 0.4) is 0 Å². The van der Waals surface area contributed by atoms with E-state index in [0.717, 1.165) is 35.1 Å². The number of rotatable bonds is 4. The third kappa shape index (κ3) is 2.43. The van der Waals surface area contributed by atoms with Crippen LogP contribution in [-0.2, 0) is 6.42 Å². The zero-order valence-corrected chi connectivity index (χ0v) is 10.6. The van der Waals surface area contributed by atoms with E-state index in [9.17, 15) is 4.79 Å². The van der Waals surface area contributed by atoms with Crippen LogP contribution in [0.5, 0.6) is 5.75 Å². The summed E-state index contributed by atoms with van der Waals surface area (Å²) >= 11 is 0. The second kappa shape index (κ2) is 5.50. The lowest BCUT2D eigenvalue weighted by molar-refractivity contribution is 0.112. The van der Waals surface area contributed by atoms with Crippen molar-refractivity contribution < 1.29 is 9.53 Å². The first-order valence-corrected chi connectivity index (χ1v) is 6.01. The van der Waals surface area contributed by atoms with Crippen LogP contribution >= 0.6 is 0 Å². The van der Waals surface area contributed by atoms with Gasteiger partial charge in [0.1, 0.15) is 5.75 Å². The highest BCUT2D eigenvalue weighted by molar-refractivity contribution is 5.87. The van der Waals surface area contributed by atoms with Crippen LogP contribution in [0.2, 0.25) is 0 Å². The molecule has 0 atom stereocenters. The lowest BCUT2D eigenvalue weighted by Gasteiger charge is -2.08. The normalized spacial score (nSPS) is 10.1. The highest BCUT2D eigenvalue weighted by Gasteiger charge is 2.05. The molecular weight excluding hydrogens is 224 g/mol. The van der Waals surface area contributed by atoms with E-state index >= 15 is 0 Å². The number of hydrogen-bond acceptors (Lipinski definition) is 2. The highest BCUT2D eigenvalue weighted by Crippen LogP contribution is 2.26. The molecule has 0 saturated heterocycles. The summed E-state index contributed by atoms with van der Waals surface area (Å²) in [5.74, 6) is 0.818. The van der Waals surface area contributed by atoms with Crippen LogP contribution in [0.25, 0.3) is 11.1 Å². The number of ether oxygens (including phenoxy) is 1. The summed E-state index contributed by atoms with van der Waals surface area (Å²) in [6.45, 7) is 2.10. The summed E-state index contributed by atoms with van der Waals surface area (Å²) < 4.78 is 5.14. The van der Waals surface area contributed by atoms with Gasteiger partial charge < -0.3 is 4.74 Å². The van der Waals surface area contributed by atoms with Gasteiger partial charge >= 0.3 is 0 Å². The summed E-state index contributed by atoms with van der Waals surface area (Å²) in [6, 6.07) is 13.7. The number of hydrogen-bond donors (Lipinski definition) is 0. The van der Waals surface area contributed by atoms with Gasteiger partial charge in [0.2, 0.25) is 0 Å². The van der Waals surface area contributed by atoms with Gasteiger partial charge in [0, 0.05) is 5.56 Å². The van der Waals surface area contributed by atoms with Crippen molar-refractivity contribution in [2.24, 2.45) is 0 Å². The second-order valence-corrected chi connectivity index (χ2v) is 4.12. The smallest absolute Gasteiger partial charge is 0.150 e. The molecule has 0 amide bonds. The van der Waals surface area contributed by atoms with Gasteiger partial charge in [-0.05, 0) is 35.2 Å². The van der Waals surface area contributed by atoms with Crippen LogP contribution in [0, 0.1) is 0 Å². The zero-order chi connectivity index (χ0) is 13.0. The van der Waals surface area contributed by atoms with Crippen LogP contribution in [0.1, 0.15) is 22.8 Å². The first-order chi connectivity index (χ1) is 8.78. The topological polar surface area (TPSA) is 26.3 Å². The monoisotopic (exact) mass is 240 g/mol. The molecule has 0 N–H and O–H groups in total. The molecule has 2 aromatic carbocycles. The molecule has 92 valence electrons. The number of aryl methyl sites for hydroxylation is 1. The first-order valence-electron chi connectivity index (χ1n) is 6.01. The van der Waals surface area contributed by atoms with Crippen molar-refractivity contribution in [2.75, 3.05) is 7.11 Å². The lowest BCUT2D eigenvalue weighted by atomic mass is 9.97. The van der Waals surface area contributed by atoms with Crippen molar-refractivity contribution in [3.63, 3.8) is 0 Å². The molecule has 2 nitrogen and oxygen atoms in total. The Morgan fingerprint density at radius 3 is 2.39 bits per heavy atom. The van der Waals surface area contributed by atoms with Crippen LogP contribution in [0.15, 0.2) is 42.5 Å². The fraction of sp³-hybridized carbons (Fsp3) is 0.188. The van der Waals surface area contributed by atoms with Crippen molar-refractivity contribution in [1.29, 1.82) is 0 Å². The Bertz CT molecular complexity index is 542. The van der Waals surface area contributed by atoms with Crippen LogP contribution in [-0.4, -0.2) is 13.4 Å². The van der Waals surface area contributed by atoms with Crippen molar-refractivity contribution in [2.45, 2.75) is 13.3 Å². The van der Waals surface area contributed by atoms with Crippen molar-refractivity contribution in [3.8, 4) is 16.9 Å². The molecule has 0 fully saturated rings. The van der Waals surface area contributed by atoms with Gasteiger partial charge in [-0.3, -0.25) is 4.79 Å². The molecule has 0 unspecified atom stereocenters. The van der Waals surface area contributed by atoms with E-state index < -0.39 is 0 Å². The SMILES string of the molecule is CCc1ccc(C=O)c(-c2ccc(OC)cc2)c1. The summed E-state index contributed by atoms with van der Waals surface area (Å²) in [6.07, 6.45) is 1.86. The van der Waals surface area contributed by atoms with E-state index in [1.165, 1.54) is 5.56 Å². The molecule has 18 heavy (non-hydrogen) atoms. The van der Waals surface area contributed by atoms with E-state index in [0.29, 0.717) is 0 Å². The van der Waals surface area contributed by atoms with Crippen molar-refractivity contribution in [3.05, 3.63) is 53.6 Å². The van der Waals surface area contributed by atoms with Gasteiger partial charge in [0.15, 0.2) is 6.29 Å². The molecule has 0 aliphatic heterocycles. The molecule has 0 heterocycles. The van der Waals surface area contributed by atoms with Gasteiger partial charge in [-0.25, -0.2) is 0 Å². The fourth-order valence-corrected chi connectivity index (χ4v) is 1.95. The molecule has 0 aromatic heterocycles. The maximum atomic E-state index is 11.1. The van der Waals surface area contributed by atoms with Crippen molar-refractivity contribution in [1.82, 2.24) is 0 Å². The number of aldehydes is 1. The molecule has 2 aromatic rings. The first kappa shape index (κ1) is 12.4. The van der Waals surface area contributed by atoms with Gasteiger partial charge in [0.05, 0.1) is 7.11 Å². The largest absolute Gasteiger partial charge is 0.497 e. The van der Waals surface area contributed by atoms with Gasteiger partial charge in [-0.15, -0.1) is 0 Å². The Labute approximate surface area is 107 Å². The molecule has 0 aliphatic carbocycles. The maximum Gasteiger partial charge on any atom is 0.150 e. The fourth-order valence-electron chi connectivity index (χ4n) is 1.95. The number of methoxy groups -OCH3 is 1. The maximum absolute atomic E-state index is 11.1. The minimum absolute atomic E-state index is 0.720. The Morgan fingerprint density at radius 1 is 1.11 bits per heavy atom. The quantitative estimate of drug-likeness (QED) is 0.761. The van der Waals surface area contributed by atoms with E-state index in [1.54, 1.807) is 7.11 Å². The third-order valence-corrected chi connectivity index (χ3v) is 3.05. The average Bonchev–Trinajstić information content (AvgIpc) is 2.46. The summed E-state index contributed by atoms with van der Waals surface area (Å²) in [5.41, 5.74) is 3.96. The molecule has 0 saturated carbocycles. The highest BCUT2D eigenvalue weighted by atomic mass is 16.5. The number of carbonyl (C=O) groups is 1. The second-order valence-electron chi connectivity index (χ2n) is 4.12. The summed E-state index contributed by atoms with van der Waals surface area (Å²) in [7, 11) is 1.64. The van der Waals surface area contributed by atoms with Gasteiger partial charge in [0.25, 0.3) is 0 Å². The summed E-state index contributed by atoms with van der Waals surface area (Å²) in [5, 5.41) is 0. The molecule has 0 aliphatic rings. The molecular formula is C16H16O2. The predicted molar refractivity (Wildman–Crippen MR) is 73.2 cm³/mol. The van der Waals surface area contributed by atoms with E-state index in [2.05, 4.69) is 13.0 Å². The minimum Gasteiger partial charge on any atom is -0.497 e. The Balaban J connectivity index is 2.49. The molecule has 2 rings (SSSR count). The number of benzene rings is 2. The summed E-state index contributed by atoms with van der Waals surface area (Å²) in [4.78, 5) is 11.1. The standard InChI is InChI=1S/C16H16O2/c1-3-12-4-5-14(11-17)16(10-12)13-6-8-15(18-2)9-7-13/h4-11H,3H2,1-2H3. The van der Waals surface area contributed by atoms with Gasteiger partial charge in [-0.1, -0.05) is 37.3 Å². The molecule has 2 heteroatoms. The molecule has 0 spiro atoms. The van der Waals surface area contributed by atoms with E-state index in [-0.39, 0.29) is 0 Å². The minimum atomic E-state index is 0.720. The third-order valence-electron chi connectivity index (χ3n) is 3.05. The Kier molecular flexibility index (Phi) is 3.78. The number of carbonyl (C=O) groups excluding carboxylic acids is 1. The van der Waals surface area contributed by atoms with Crippen LogP contribution in [0.4, 0.5) is 0 Å². The lowest BCUT2D eigenvalue weighted by Crippen LogP contribution is -1.91. The zero-order valence-electron chi connectivity index (χ0n) is 10.6. The Morgan fingerprint density at radius 2 is 1.83 bits per heavy atom. The van der Waals surface area contributed by atoms with E-state index in [4.69, 9.17) is 4.74 Å². The van der Waals surface area contributed by atoms with Crippen molar-refractivity contribution >= 4 is 6.29 Å². The Hall–Kier alpha value is -2.09. The predicted octanol–water partition coefficient (Wildman–Crippen LogP) is 3.74. The van der Waals surface area contributed by atoms with Crippen LogP contribution < -0.4 is 4.74 Å². The molecule has 0 radical (unpaired) electrons. The average molecular weight is 240 g/mol. The van der Waals surface area contributed by atoms with Gasteiger partial charge in [-0.2, -0.15) is 0 Å². The van der Waals surface area contributed by atoms with E-state index in [1.807, 2.05) is 36.4 Å².